The van der Waals surface area contributed by atoms with Crippen LogP contribution in [0.4, 0.5) is 0 Å². The molecule has 0 saturated heterocycles. The third-order valence-corrected chi connectivity index (χ3v) is 11.5. The fourth-order valence-electron chi connectivity index (χ4n) is 9.18. The summed E-state index contributed by atoms with van der Waals surface area (Å²) in [6.07, 6.45) is 4.00. The van der Waals surface area contributed by atoms with E-state index in [0.717, 1.165) is 71.8 Å². The molecule has 0 aliphatic carbocycles. The number of aromatic nitrogens is 4. The Bertz CT molecular complexity index is 3300. The van der Waals surface area contributed by atoms with Crippen molar-refractivity contribution in [3.8, 4) is 28.6 Å². The first-order valence-electron chi connectivity index (χ1n) is 18.8. The van der Waals surface area contributed by atoms with Crippen LogP contribution in [0, 0.1) is 12.1 Å². The molecule has 7 aromatic carbocycles. The van der Waals surface area contributed by atoms with E-state index in [4.69, 9.17) is 14.7 Å². The number of rotatable bonds is 5. The van der Waals surface area contributed by atoms with Crippen molar-refractivity contribution in [2.24, 2.45) is 0 Å². The van der Waals surface area contributed by atoms with Crippen LogP contribution in [-0.4, -0.2) is 18.9 Å². The smallest absolute Gasteiger partial charge is 0.503 e. The third kappa shape index (κ3) is 4.79. The van der Waals surface area contributed by atoms with Gasteiger partial charge in [0.1, 0.15) is 5.82 Å². The van der Waals surface area contributed by atoms with E-state index in [1.54, 1.807) is 0 Å². The molecule has 1 aliphatic rings. The summed E-state index contributed by atoms with van der Waals surface area (Å²) in [6.45, 7) is 0. The zero-order valence-corrected chi connectivity index (χ0v) is 32.6. The van der Waals surface area contributed by atoms with E-state index in [-0.39, 0.29) is 21.1 Å². The van der Waals surface area contributed by atoms with Gasteiger partial charge in [0.05, 0.1) is 16.8 Å². The Kier molecular flexibility index (Phi) is 7.57. The molecule has 57 heavy (non-hydrogen) atoms. The molecule has 0 amide bonds. The maximum atomic E-state index is 6.68. The molecule has 0 atom stereocenters. The normalized spacial score (nSPS) is 12.9. The molecule has 4 aromatic heterocycles. The van der Waals surface area contributed by atoms with E-state index in [0.29, 0.717) is 11.5 Å². The van der Waals surface area contributed by atoms with E-state index in [2.05, 4.69) is 161 Å². The molecular formula is C51H30N4OPt. The van der Waals surface area contributed by atoms with Gasteiger partial charge >= 0.3 is 21.1 Å². The van der Waals surface area contributed by atoms with Gasteiger partial charge in [-0.1, -0.05) is 156 Å². The molecule has 5 nitrogen and oxygen atoms in total. The molecule has 0 unspecified atom stereocenters. The number of hydrogen-bond donors (Lipinski definition) is 0. The van der Waals surface area contributed by atoms with Crippen LogP contribution < -0.4 is 4.74 Å². The summed E-state index contributed by atoms with van der Waals surface area (Å²) in [5, 5.41) is 5.33. The van der Waals surface area contributed by atoms with Crippen LogP contribution in [0.15, 0.2) is 182 Å². The molecular weight excluding hydrogens is 880 g/mol. The van der Waals surface area contributed by atoms with Gasteiger partial charge in [-0.3, -0.25) is 4.98 Å². The van der Waals surface area contributed by atoms with Gasteiger partial charge in [0.15, 0.2) is 0 Å². The Hall–Kier alpha value is -6.81. The number of nitrogens with zero attached hydrogens (tertiary/aromatic N) is 4. The average Bonchev–Trinajstić information content (AvgIpc) is 3.87. The largest absolute Gasteiger partial charge is 2.00 e. The first kappa shape index (κ1) is 33.5. The number of fused-ring (bicyclic) bond motifs is 11. The van der Waals surface area contributed by atoms with E-state index < -0.39 is 5.41 Å². The van der Waals surface area contributed by atoms with Crippen molar-refractivity contribution in [3.05, 3.63) is 217 Å². The molecule has 12 rings (SSSR count). The molecule has 0 fully saturated rings. The minimum Gasteiger partial charge on any atom is -0.503 e. The van der Waals surface area contributed by atoms with Gasteiger partial charge in [0, 0.05) is 46.1 Å². The van der Waals surface area contributed by atoms with Gasteiger partial charge in [-0.25, -0.2) is 4.98 Å². The Morgan fingerprint density at radius 3 is 1.96 bits per heavy atom. The molecule has 0 N–H and O–H groups in total. The molecule has 0 bridgehead atoms. The average molecular weight is 910 g/mol. The second-order valence-corrected chi connectivity index (χ2v) is 14.4. The van der Waals surface area contributed by atoms with E-state index in [1.807, 2.05) is 42.6 Å². The number of imidazole rings is 1. The number of pyridine rings is 2. The van der Waals surface area contributed by atoms with E-state index in [9.17, 15) is 0 Å². The van der Waals surface area contributed by atoms with Crippen LogP contribution in [0.3, 0.4) is 0 Å². The monoisotopic (exact) mass is 909 g/mol. The third-order valence-electron chi connectivity index (χ3n) is 11.5. The summed E-state index contributed by atoms with van der Waals surface area (Å²) >= 11 is 0. The van der Waals surface area contributed by atoms with Crippen molar-refractivity contribution in [3.63, 3.8) is 0 Å². The first-order valence-corrected chi connectivity index (χ1v) is 18.8. The number of hydrogen-bond acceptors (Lipinski definition) is 3. The molecule has 5 heterocycles. The fourth-order valence-corrected chi connectivity index (χ4v) is 9.18. The zero-order valence-electron chi connectivity index (χ0n) is 30.3. The second kappa shape index (κ2) is 12.9. The minimum absolute atomic E-state index is 0. The van der Waals surface area contributed by atoms with Crippen molar-refractivity contribution >= 4 is 49.1 Å². The molecule has 270 valence electrons. The van der Waals surface area contributed by atoms with Crippen LogP contribution in [-0.2, 0) is 26.5 Å². The molecule has 0 radical (unpaired) electrons. The van der Waals surface area contributed by atoms with Crippen LogP contribution in [0.2, 0.25) is 0 Å². The van der Waals surface area contributed by atoms with Crippen molar-refractivity contribution in [2.75, 3.05) is 0 Å². The minimum atomic E-state index is -0.585. The quantitative estimate of drug-likeness (QED) is 0.128. The van der Waals surface area contributed by atoms with E-state index >= 15 is 0 Å². The Morgan fingerprint density at radius 2 is 1.19 bits per heavy atom. The molecule has 1 aliphatic heterocycles. The number of benzene rings is 7. The molecule has 0 spiro atoms. The van der Waals surface area contributed by atoms with Crippen molar-refractivity contribution < 1.29 is 25.8 Å². The van der Waals surface area contributed by atoms with Crippen LogP contribution in [0.25, 0.3) is 66.2 Å². The standard InChI is InChI=1S/C51H30N4O.Pt/c1-4-14-33(15-5-1)45-32-54-46-24-11-10-20-39(46)38-27-25-36(30-42(38)49(54)53-45)56-37-26-28-40-41-21-12-22-43-48(41)55(47(40)31-37)50-44(23-13-29-52-50)51(43,34-16-6-2-7-17-34)35-18-8-3-9-19-35;/h1-29,32H;/q-2;+2. The Balaban J connectivity index is 0.00000374. The predicted molar refractivity (Wildman–Crippen MR) is 224 cm³/mol. The van der Waals surface area contributed by atoms with Crippen LogP contribution in [0.5, 0.6) is 11.5 Å². The maximum absolute atomic E-state index is 6.68. The molecule has 11 aromatic rings. The second-order valence-electron chi connectivity index (χ2n) is 14.4. The van der Waals surface area contributed by atoms with Crippen molar-refractivity contribution in [1.82, 2.24) is 18.9 Å². The first-order chi connectivity index (χ1) is 27.8. The van der Waals surface area contributed by atoms with Gasteiger partial charge in [0.25, 0.3) is 0 Å². The topological polar surface area (TPSA) is 44.3 Å². The van der Waals surface area contributed by atoms with Crippen LogP contribution in [0.1, 0.15) is 22.3 Å². The Morgan fingerprint density at radius 1 is 0.544 bits per heavy atom. The summed E-state index contributed by atoms with van der Waals surface area (Å²) < 4.78 is 11.1. The summed E-state index contributed by atoms with van der Waals surface area (Å²) in [4.78, 5) is 10.3. The summed E-state index contributed by atoms with van der Waals surface area (Å²) in [7, 11) is 0. The zero-order chi connectivity index (χ0) is 36.8. The number of ether oxygens (including phenoxy) is 1. The van der Waals surface area contributed by atoms with Crippen LogP contribution >= 0.6 is 0 Å². The van der Waals surface area contributed by atoms with Gasteiger partial charge in [-0.05, 0) is 39.6 Å². The van der Waals surface area contributed by atoms with Gasteiger partial charge in [0.2, 0.25) is 0 Å². The van der Waals surface area contributed by atoms with Crippen molar-refractivity contribution in [1.29, 1.82) is 0 Å². The summed E-state index contributed by atoms with van der Waals surface area (Å²) in [6, 6.07) is 66.9. The molecule has 6 heteroatoms. The molecule has 0 saturated carbocycles. The summed E-state index contributed by atoms with van der Waals surface area (Å²) in [5.74, 6) is 2.07. The summed E-state index contributed by atoms with van der Waals surface area (Å²) in [5.41, 5.74) is 10.1. The van der Waals surface area contributed by atoms with Crippen molar-refractivity contribution in [2.45, 2.75) is 5.41 Å². The number of para-hydroxylation sites is 2. The Labute approximate surface area is 342 Å². The fraction of sp³-hybridized carbons (Fsp3) is 0.0196. The van der Waals surface area contributed by atoms with E-state index in [1.165, 1.54) is 16.7 Å². The predicted octanol–water partition coefficient (Wildman–Crippen LogP) is 11.9. The SMILES string of the molecule is [Pt+2].[c-]1c(Oc2[c-]c3c(cc2)c2cccc4c2n3-c2ncccc2C4(c2ccccc2)c2ccccc2)ccc2c1c1nc(-c3ccccc3)cn1c1ccccc21. The van der Waals surface area contributed by atoms with Gasteiger partial charge < -0.3 is 13.7 Å². The van der Waals surface area contributed by atoms with Gasteiger partial charge in [-0.15, -0.1) is 29.7 Å². The maximum Gasteiger partial charge on any atom is 2.00 e. The van der Waals surface area contributed by atoms with Gasteiger partial charge in [-0.2, -0.15) is 6.07 Å².